The fraction of sp³-hybridized carbons (Fsp3) is 0.300. The first-order valence-corrected chi connectivity index (χ1v) is 8.38. The molecule has 0 saturated carbocycles. The zero-order valence-corrected chi connectivity index (χ0v) is 13.6. The SMILES string of the molecule is O=C(CC(Cc1ccccc1)c1ccccc1)NC1CCNC1=O. The predicted octanol–water partition coefficient (Wildman–Crippen LogP) is 2.41. The number of carbonyl (C=O) groups excluding carboxylic acids is 2. The van der Waals surface area contributed by atoms with Crippen molar-refractivity contribution in [2.45, 2.75) is 31.2 Å². The third kappa shape index (κ3) is 4.22. The Morgan fingerprint density at radius 3 is 2.38 bits per heavy atom. The standard InChI is InChI=1S/C20H22N2O2/c23-19(22-18-11-12-21-20(18)24)14-17(16-9-5-2-6-10-16)13-15-7-3-1-4-8-15/h1-10,17-18H,11-14H2,(H,21,24)(H,22,23). The van der Waals surface area contributed by atoms with Gasteiger partial charge in [-0.2, -0.15) is 0 Å². The molecule has 0 spiro atoms. The highest BCUT2D eigenvalue weighted by molar-refractivity contribution is 5.89. The number of hydrogen-bond donors (Lipinski definition) is 2. The van der Waals surface area contributed by atoms with Crippen LogP contribution in [0.1, 0.15) is 29.9 Å². The highest BCUT2D eigenvalue weighted by Crippen LogP contribution is 2.24. The van der Waals surface area contributed by atoms with E-state index in [9.17, 15) is 9.59 Å². The molecule has 3 rings (SSSR count). The Balaban J connectivity index is 1.70. The molecule has 2 amide bonds. The molecule has 4 heteroatoms. The molecule has 2 aromatic rings. The molecule has 1 aliphatic heterocycles. The molecule has 1 saturated heterocycles. The average Bonchev–Trinajstić information content (AvgIpc) is 3.01. The van der Waals surface area contributed by atoms with Crippen LogP contribution in [0.25, 0.3) is 0 Å². The number of amides is 2. The lowest BCUT2D eigenvalue weighted by Crippen LogP contribution is -2.40. The Labute approximate surface area is 142 Å². The van der Waals surface area contributed by atoms with E-state index in [1.807, 2.05) is 36.4 Å². The van der Waals surface area contributed by atoms with Crippen molar-refractivity contribution in [3.8, 4) is 0 Å². The van der Waals surface area contributed by atoms with Gasteiger partial charge in [0, 0.05) is 13.0 Å². The van der Waals surface area contributed by atoms with Crippen LogP contribution in [0.2, 0.25) is 0 Å². The van der Waals surface area contributed by atoms with Gasteiger partial charge >= 0.3 is 0 Å². The highest BCUT2D eigenvalue weighted by atomic mass is 16.2. The summed E-state index contributed by atoms with van der Waals surface area (Å²) in [7, 11) is 0. The summed E-state index contributed by atoms with van der Waals surface area (Å²) >= 11 is 0. The zero-order chi connectivity index (χ0) is 16.8. The summed E-state index contributed by atoms with van der Waals surface area (Å²) in [5, 5.41) is 5.61. The summed E-state index contributed by atoms with van der Waals surface area (Å²) in [4.78, 5) is 24.1. The van der Waals surface area contributed by atoms with Gasteiger partial charge in [0.15, 0.2) is 0 Å². The second kappa shape index (κ2) is 7.77. The fourth-order valence-electron chi connectivity index (χ4n) is 3.14. The van der Waals surface area contributed by atoms with E-state index < -0.39 is 0 Å². The molecule has 2 atom stereocenters. The van der Waals surface area contributed by atoms with E-state index in [0.29, 0.717) is 19.4 Å². The van der Waals surface area contributed by atoms with Crippen LogP contribution in [0.5, 0.6) is 0 Å². The molecule has 0 aliphatic carbocycles. The molecule has 24 heavy (non-hydrogen) atoms. The van der Waals surface area contributed by atoms with Crippen LogP contribution in [0.3, 0.4) is 0 Å². The minimum atomic E-state index is -0.384. The van der Waals surface area contributed by atoms with Crippen LogP contribution >= 0.6 is 0 Å². The smallest absolute Gasteiger partial charge is 0.242 e. The minimum absolute atomic E-state index is 0.0677. The highest BCUT2D eigenvalue weighted by Gasteiger charge is 2.26. The number of hydrogen-bond acceptors (Lipinski definition) is 2. The van der Waals surface area contributed by atoms with E-state index in [1.54, 1.807) is 0 Å². The third-order valence-electron chi connectivity index (χ3n) is 4.41. The number of nitrogens with one attached hydrogen (secondary N) is 2. The Bertz CT molecular complexity index is 685. The Kier molecular flexibility index (Phi) is 5.26. The maximum Gasteiger partial charge on any atom is 0.242 e. The lowest BCUT2D eigenvalue weighted by Gasteiger charge is -2.18. The van der Waals surface area contributed by atoms with Gasteiger partial charge in [0.05, 0.1) is 0 Å². The maximum atomic E-state index is 12.4. The lowest BCUT2D eigenvalue weighted by atomic mass is 9.89. The normalized spacial score (nSPS) is 18.0. The molecular formula is C20H22N2O2. The van der Waals surface area contributed by atoms with E-state index in [0.717, 1.165) is 12.0 Å². The molecule has 4 nitrogen and oxygen atoms in total. The van der Waals surface area contributed by atoms with E-state index in [4.69, 9.17) is 0 Å². The van der Waals surface area contributed by atoms with Crippen molar-refractivity contribution >= 4 is 11.8 Å². The summed E-state index contributed by atoms with van der Waals surface area (Å²) in [6, 6.07) is 19.9. The van der Waals surface area contributed by atoms with Gasteiger partial charge in [-0.15, -0.1) is 0 Å². The van der Waals surface area contributed by atoms with Crippen molar-refractivity contribution < 1.29 is 9.59 Å². The summed E-state index contributed by atoms with van der Waals surface area (Å²) < 4.78 is 0. The molecule has 2 N–H and O–H groups in total. The summed E-state index contributed by atoms with van der Waals surface area (Å²) in [5.74, 6) is -0.0532. The van der Waals surface area contributed by atoms with Crippen LogP contribution in [-0.4, -0.2) is 24.4 Å². The van der Waals surface area contributed by atoms with Crippen LogP contribution in [0, 0.1) is 0 Å². The number of benzene rings is 2. The van der Waals surface area contributed by atoms with Crippen LogP contribution in [0.15, 0.2) is 60.7 Å². The van der Waals surface area contributed by atoms with Crippen molar-refractivity contribution in [3.63, 3.8) is 0 Å². The van der Waals surface area contributed by atoms with Gasteiger partial charge in [-0.05, 0) is 29.9 Å². The molecule has 1 aliphatic rings. The molecule has 2 unspecified atom stereocenters. The molecule has 0 aromatic heterocycles. The van der Waals surface area contributed by atoms with Crippen molar-refractivity contribution in [2.75, 3.05) is 6.54 Å². The second-order valence-corrected chi connectivity index (χ2v) is 6.20. The van der Waals surface area contributed by atoms with Crippen molar-refractivity contribution in [2.24, 2.45) is 0 Å². The van der Waals surface area contributed by atoms with Gasteiger partial charge in [-0.1, -0.05) is 60.7 Å². The Morgan fingerprint density at radius 1 is 1.08 bits per heavy atom. The van der Waals surface area contributed by atoms with Crippen molar-refractivity contribution in [3.05, 3.63) is 71.8 Å². The zero-order valence-electron chi connectivity index (χ0n) is 13.6. The van der Waals surface area contributed by atoms with Gasteiger partial charge in [0.25, 0.3) is 0 Å². The van der Waals surface area contributed by atoms with Crippen LogP contribution < -0.4 is 10.6 Å². The van der Waals surface area contributed by atoms with Gasteiger partial charge in [-0.25, -0.2) is 0 Å². The third-order valence-corrected chi connectivity index (χ3v) is 4.41. The minimum Gasteiger partial charge on any atom is -0.354 e. The van der Waals surface area contributed by atoms with Crippen molar-refractivity contribution in [1.29, 1.82) is 0 Å². The van der Waals surface area contributed by atoms with Crippen molar-refractivity contribution in [1.82, 2.24) is 10.6 Å². The lowest BCUT2D eigenvalue weighted by molar-refractivity contribution is -0.127. The predicted molar refractivity (Wildman–Crippen MR) is 93.5 cm³/mol. The Hall–Kier alpha value is -2.62. The first-order chi connectivity index (χ1) is 11.7. The molecule has 124 valence electrons. The van der Waals surface area contributed by atoms with Crippen LogP contribution in [0.4, 0.5) is 0 Å². The van der Waals surface area contributed by atoms with E-state index in [2.05, 4.69) is 34.9 Å². The molecule has 0 bridgehead atoms. The first kappa shape index (κ1) is 16.2. The monoisotopic (exact) mass is 322 g/mol. The first-order valence-electron chi connectivity index (χ1n) is 8.38. The topological polar surface area (TPSA) is 58.2 Å². The van der Waals surface area contributed by atoms with Crippen LogP contribution in [-0.2, 0) is 16.0 Å². The number of carbonyl (C=O) groups is 2. The maximum absolute atomic E-state index is 12.4. The molecule has 0 radical (unpaired) electrons. The summed E-state index contributed by atoms with van der Waals surface area (Å²) in [6.45, 7) is 0.635. The van der Waals surface area contributed by atoms with E-state index in [1.165, 1.54) is 5.56 Å². The molecule has 1 fully saturated rings. The van der Waals surface area contributed by atoms with Gasteiger partial charge < -0.3 is 10.6 Å². The quantitative estimate of drug-likeness (QED) is 0.858. The molecule has 1 heterocycles. The van der Waals surface area contributed by atoms with Gasteiger partial charge in [0.2, 0.25) is 11.8 Å². The largest absolute Gasteiger partial charge is 0.354 e. The molecular weight excluding hydrogens is 300 g/mol. The fourth-order valence-corrected chi connectivity index (χ4v) is 3.14. The Morgan fingerprint density at radius 2 is 1.75 bits per heavy atom. The summed E-state index contributed by atoms with van der Waals surface area (Å²) in [5.41, 5.74) is 2.35. The van der Waals surface area contributed by atoms with E-state index in [-0.39, 0.29) is 23.8 Å². The number of rotatable bonds is 6. The second-order valence-electron chi connectivity index (χ2n) is 6.20. The summed E-state index contributed by atoms with van der Waals surface area (Å²) in [6.07, 6.45) is 1.84. The van der Waals surface area contributed by atoms with E-state index >= 15 is 0 Å². The van der Waals surface area contributed by atoms with Gasteiger partial charge in [-0.3, -0.25) is 9.59 Å². The molecule has 2 aromatic carbocycles. The van der Waals surface area contributed by atoms with Gasteiger partial charge in [0.1, 0.15) is 6.04 Å². The average molecular weight is 322 g/mol.